The van der Waals surface area contributed by atoms with Gasteiger partial charge in [-0.15, -0.1) is 11.3 Å². The summed E-state index contributed by atoms with van der Waals surface area (Å²) in [5.41, 5.74) is 2.74. The van der Waals surface area contributed by atoms with Gasteiger partial charge < -0.3 is 0 Å². The number of nitrogens with zero attached hydrogens (tertiary/aromatic N) is 3. The SMILES string of the molecule is [2H]c1c([2H])c([2H])c(-c2c([2H])c([2H])c([2H])c3c2sc2c([2H])c(-c4nc(-c5ccccc5)nc(-c5ccc(-c6ccccc6)cc5)n4)c([2H])c([2H])c23)c([2H])c1[2H]. The van der Waals surface area contributed by atoms with Crippen molar-refractivity contribution in [2.24, 2.45) is 0 Å². The first-order chi connectivity index (χ1) is 25.9. The largest absolute Gasteiger partial charge is 0.208 e. The van der Waals surface area contributed by atoms with E-state index < -0.39 is 54.4 Å². The molecule has 0 aliphatic rings. The van der Waals surface area contributed by atoms with E-state index in [9.17, 15) is 4.11 Å². The summed E-state index contributed by atoms with van der Waals surface area (Å²) >= 11 is 0.891. The Balaban J connectivity index is 1.40. The van der Waals surface area contributed by atoms with Crippen molar-refractivity contribution < 1.29 is 15.1 Å². The summed E-state index contributed by atoms with van der Waals surface area (Å²) in [4.78, 5) is 14.2. The van der Waals surface area contributed by atoms with Gasteiger partial charge in [-0.3, -0.25) is 0 Å². The Morgan fingerprint density at radius 1 is 0.442 bits per heavy atom. The van der Waals surface area contributed by atoms with Crippen LogP contribution in [-0.4, -0.2) is 15.0 Å². The Morgan fingerprint density at radius 2 is 1.02 bits per heavy atom. The minimum absolute atomic E-state index is 0.00919. The van der Waals surface area contributed by atoms with Crippen LogP contribution in [0.5, 0.6) is 0 Å². The molecule has 202 valence electrons. The first kappa shape index (κ1) is 16.3. The van der Waals surface area contributed by atoms with Crippen LogP contribution in [0.1, 0.15) is 15.1 Å². The monoisotopic (exact) mass is 578 g/mol. The number of hydrogen-bond donors (Lipinski definition) is 0. The highest BCUT2D eigenvalue weighted by atomic mass is 32.1. The lowest BCUT2D eigenvalue weighted by Crippen LogP contribution is -2.00. The van der Waals surface area contributed by atoms with E-state index in [-0.39, 0.29) is 66.4 Å². The molecule has 0 atom stereocenters. The van der Waals surface area contributed by atoms with Crippen molar-refractivity contribution >= 4 is 31.5 Å². The van der Waals surface area contributed by atoms with E-state index in [1.54, 1.807) is 0 Å². The number of thiophene rings is 1. The fraction of sp³-hybridized carbons (Fsp3) is 0. The predicted octanol–water partition coefficient (Wildman–Crippen LogP) is 10.6. The zero-order valence-corrected chi connectivity index (χ0v) is 23.1. The van der Waals surface area contributed by atoms with Crippen molar-refractivity contribution in [2.45, 2.75) is 0 Å². The van der Waals surface area contributed by atoms with E-state index in [1.807, 2.05) is 84.9 Å². The van der Waals surface area contributed by atoms with Gasteiger partial charge in [0.25, 0.3) is 0 Å². The fourth-order valence-corrected chi connectivity index (χ4v) is 5.98. The third-order valence-corrected chi connectivity index (χ3v) is 8.08. The van der Waals surface area contributed by atoms with Crippen LogP contribution in [0.4, 0.5) is 0 Å². The van der Waals surface area contributed by atoms with Gasteiger partial charge in [0.1, 0.15) is 0 Å². The zero-order chi connectivity index (χ0) is 38.2. The van der Waals surface area contributed by atoms with E-state index in [0.717, 1.165) is 22.5 Å². The lowest BCUT2D eigenvalue weighted by atomic mass is 10.0. The molecule has 0 N–H and O–H groups in total. The van der Waals surface area contributed by atoms with Gasteiger partial charge >= 0.3 is 0 Å². The van der Waals surface area contributed by atoms with Gasteiger partial charge in [0.2, 0.25) is 0 Å². The summed E-state index contributed by atoms with van der Waals surface area (Å²) in [6, 6.07) is 21.0. The van der Waals surface area contributed by atoms with Gasteiger partial charge in [0, 0.05) is 36.9 Å². The number of hydrogen-bond acceptors (Lipinski definition) is 4. The lowest BCUT2D eigenvalue weighted by molar-refractivity contribution is 1.07. The zero-order valence-electron chi connectivity index (χ0n) is 33.3. The van der Waals surface area contributed by atoms with Gasteiger partial charge in [0.15, 0.2) is 17.5 Å². The molecule has 0 aliphatic heterocycles. The molecule has 4 heteroatoms. The van der Waals surface area contributed by atoms with Crippen molar-refractivity contribution in [2.75, 3.05) is 0 Å². The van der Waals surface area contributed by atoms with E-state index in [1.165, 1.54) is 0 Å². The summed E-state index contributed by atoms with van der Waals surface area (Å²) < 4.78 is 96.2. The third kappa shape index (κ3) is 4.78. The van der Waals surface area contributed by atoms with E-state index in [4.69, 9.17) is 25.9 Å². The molecule has 0 unspecified atom stereocenters. The molecule has 8 rings (SSSR count). The highest BCUT2D eigenvalue weighted by Gasteiger charge is 2.15. The van der Waals surface area contributed by atoms with Crippen LogP contribution < -0.4 is 0 Å². The average Bonchev–Trinajstić information content (AvgIpc) is 3.60. The lowest BCUT2D eigenvalue weighted by Gasteiger charge is -2.09. The van der Waals surface area contributed by atoms with Gasteiger partial charge in [-0.2, -0.15) is 0 Å². The highest BCUT2D eigenvalue weighted by Crippen LogP contribution is 2.41. The number of aromatic nitrogens is 3. The minimum atomic E-state index is -0.631. The molecular formula is C39H25N3S. The number of rotatable bonds is 5. The standard InChI is InChI=1S/C39H25N3S/c1-4-11-26(12-5-1)27-19-21-30(22-20-27)38-40-37(29-15-8-3-9-16-29)41-39(42-38)31-23-24-33-34-18-10-17-32(28-13-6-2-7-14-28)36(34)43-35(33)25-31/h1-25H/i2D,6D,7D,10D,13D,14D,17D,18D,23D,24D,25D. The fourth-order valence-electron chi connectivity index (χ4n) is 4.85. The molecule has 0 saturated heterocycles. The predicted molar refractivity (Wildman–Crippen MR) is 180 cm³/mol. The Bertz CT molecular complexity index is 2800. The second-order valence-corrected chi connectivity index (χ2v) is 10.6. The summed E-state index contributed by atoms with van der Waals surface area (Å²) in [5.74, 6) is 0.516. The highest BCUT2D eigenvalue weighted by molar-refractivity contribution is 7.26. The van der Waals surface area contributed by atoms with Crippen LogP contribution in [0.25, 0.3) is 76.6 Å². The molecule has 6 aromatic carbocycles. The quantitative estimate of drug-likeness (QED) is 0.204. The van der Waals surface area contributed by atoms with Crippen molar-refractivity contribution in [1.29, 1.82) is 0 Å². The minimum Gasteiger partial charge on any atom is -0.208 e. The summed E-state index contributed by atoms with van der Waals surface area (Å²) in [6.45, 7) is 0. The van der Waals surface area contributed by atoms with Crippen LogP contribution in [0.2, 0.25) is 0 Å². The Kier molecular flexibility index (Phi) is 4.06. The second kappa shape index (κ2) is 10.8. The molecule has 2 aromatic heterocycles. The molecule has 0 fully saturated rings. The topological polar surface area (TPSA) is 38.7 Å². The van der Waals surface area contributed by atoms with Crippen LogP contribution in [0, 0.1) is 0 Å². The normalized spacial score (nSPS) is 14.8. The summed E-state index contributed by atoms with van der Waals surface area (Å²) in [7, 11) is 0. The maximum Gasteiger partial charge on any atom is 0.164 e. The van der Waals surface area contributed by atoms with Crippen LogP contribution in [-0.2, 0) is 0 Å². The first-order valence-corrected chi connectivity index (χ1v) is 14.2. The van der Waals surface area contributed by atoms with Crippen LogP contribution in [0.15, 0.2) is 151 Å². The molecular weight excluding hydrogens is 543 g/mol. The molecule has 2 heterocycles. The molecule has 43 heavy (non-hydrogen) atoms. The van der Waals surface area contributed by atoms with Gasteiger partial charge in [0.05, 0.1) is 15.1 Å². The average molecular weight is 579 g/mol. The van der Waals surface area contributed by atoms with Gasteiger partial charge in [-0.1, -0.05) is 145 Å². The van der Waals surface area contributed by atoms with Crippen molar-refractivity contribution in [3.8, 4) is 56.4 Å². The van der Waals surface area contributed by atoms with Crippen molar-refractivity contribution in [3.63, 3.8) is 0 Å². The van der Waals surface area contributed by atoms with Crippen molar-refractivity contribution in [1.82, 2.24) is 15.0 Å². The Morgan fingerprint density at radius 3 is 1.72 bits per heavy atom. The Labute approximate surface area is 269 Å². The number of benzene rings is 6. The maximum absolute atomic E-state index is 9.45. The maximum atomic E-state index is 9.45. The van der Waals surface area contributed by atoms with E-state index in [2.05, 4.69) is 0 Å². The van der Waals surface area contributed by atoms with Crippen LogP contribution in [0.3, 0.4) is 0 Å². The van der Waals surface area contributed by atoms with E-state index in [0.29, 0.717) is 11.1 Å². The summed E-state index contributed by atoms with van der Waals surface area (Å²) in [5, 5.41) is -0.00823. The van der Waals surface area contributed by atoms with Crippen LogP contribution >= 0.6 is 11.3 Å². The molecule has 0 amide bonds. The van der Waals surface area contributed by atoms with Gasteiger partial charge in [-0.25, -0.2) is 15.0 Å². The third-order valence-electron chi connectivity index (χ3n) is 6.95. The molecule has 0 bridgehead atoms. The number of fused-ring (bicyclic) bond motifs is 3. The van der Waals surface area contributed by atoms with Gasteiger partial charge in [-0.05, 0) is 28.3 Å². The smallest absolute Gasteiger partial charge is 0.164 e. The first-order valence-electron chi connectivity index (χ1n) is 18.9. The van der Waals surface area contributed by atoms with Crippen molar-refractivity contribution in [3.05, 3.63) is 151 Å². The van der Waals surface area contributed by atoms with E-state index >= 15 is 0 Å². The summed E-state index contributed by atoms with van der Waals surface area (Å²) in [6.07, 6.45) is 0. The molecule has 8 aromatic rings. The molecule has 0 spiro atoms. The molecule has 0 radical (unpaired) electrons. The Hall–Kier alpha value is -5.45. The molecule has 0 saturated carbocycles. The second-order valence-electron chi connectivity index (χ2n) is 9.63. The molecule has 3 nitrogen and oxygen atoms in total. The molecule has 0 aliphatic carbocycles.